The van der Waals surface area contributed by atoms with Gasteiger partial charge in [0.2, 0.25) is 0 Å². The van der Waals surface area contributed by atoms with Gasteiger partial charge in [-0.3, -0.25) is 9.79 Å². The number of carbonyl (C=O) groups is 1. The fourth-order valence-corrected chi connectivity index (χ4v) is 2.66. The Balaban J connectivity index is 0.00000288. The molecule has 0 spiro atoms. The van der Waals surface area contributed by atoms with Gasteiger partial charge in [0, 0.05) is 33.1 Å². The summed E-state index contributed by atoms with van der Waals surface area (Å²) >= 11 is 1.35. The maximum Gasteiger partial charge on any atom is 0.263 e. The van der Waals surface area contributed by atoms with Crippen molar-refractivity contribution >= 4 is 47.2 Å². The lowest BCUT2D eigenvalue weighted by molar-refractivity contribution is 0.0957. The summed E-state index contributed by atoms with van der Waals surface area (Å²) in [6.07, 6.45) is 2.45. The summed E-state index contributed by atoms with van der Waals surface area (Å²) in [7, 11) is 1.71. The molecule has 0 aliphatic rings. The van der Waals surface area contributed by atoms with Gasteiger partial charge in [-0.1, -0.05) is 0 Å². The maximum atomic E-state index is 11.9. The van der Waals surface area contributed by atoms with E-state index in [9.17, 15) is 4.79 Å². The van der Waals surface area contributed by atoms with Crippen molar-refractivity contribution in [2.45, 2.75) is 13.3 Å². The molecular formula is C15H22IN5O2S. The Labute approximate surface area is 162 Å². The Morgan fingerprint density at radius 3 is 2.67 bits per heavy atom. The molecule has 0 aliphatic heterocycles. The Hall–Kier alpha value is -1.62. The van der Waals surface area contributed by atoms with Gasteiger partial charge in [-0.15, -0.1) is 35.3 Å². The van der Waals surface area contributed by atoms with Gasteiger partial charge < -0.3 is 20.4 Å². The van der Waals surface area contributed by atoms with Crippen molar-refractivity contribution in [3.63, 3.8) is 0 Å². The van der Waals surface area contributed by atoms with E-state index in [1.54, 1.807) is 18.8 Å². The number of aliphatic imine (C=N–C) groups is 1. The maximum absolute atomic E-state index is 11.9. The standard InChI is InChI=1S/C15H21N5O2S.HI/c1-11-13(23-10-20-11)14(21)17-7-8-19-15(16-2)18-6-5-12-4-3-9-22-12;/h3-4,9-10H,5-8H2,1-2H3,(H,17,21)(H2,16,18,19);1H. The number of hydrogen-bond acceptors (Lipinski definition) is 5. The second kappa shape index (κ2) is 11.0. The number of aryl methyl sites for hydroxylation is 1. The summed E-state index contributed by atoms with van der Waals surface area (Å²) < 4.78 is 5.27. The molecule has 3 N–H and O–H groups in total. The molecule has 9 heteroatoms. The molecule has 2 heterocycles. The first-order valence-electron chi connectivity index (χ1n) is 7.36. The number of hydrogen-bond donors (Lipinski definition) is 3. The van der Waals surface area contributed by atoms with E-state index in [4.69, 9.17) is 4.42 Å². The van der Waals surface area contributed by atoms with Crippen LogP contribution in [0.2, 0.25) is 0 Å². The van der Waals surface area contributed by atoms with Crippen molar-refractivity contribution in [3.05, 3.63) is 40.2 Å². The minimum Gasteiger partial charge on any atom is -0.469 e. The number of thiazole rings is 1. The number of rotatable bonds is 7. The van der Waals surface area contributed by atoms with Gasteiger partial charge in [-0.2, -0.15) is 0 Å². The average Bonchev–Trinajstić information content (AvgIpc) is 3.21. The monoisotopic (exact) mass is 463 g/mol. The molecule has 0 aromatic carbocycles. The van der Waals surface area contributed by atoms with Crippen molar-refractivity contribution in [2.75, 3.05) is 26.7 Å². The van der Waals surface area contributed by atoms with E-state index in [-0.39, 0.29) is 29.9 Å². The number of furan rings is 1. The third-order valence-electron chi connectivity index (χ3n) is 3.12. The highest BCUT2D eigenvalue weighted by molar-refractivity contribution is 14.0. The number of aromatic nitrogens is 1. The molecule has 0 radical (unpaired) electrons. The van der Waals surface area contributed by atoms with E-state index in [0.29, 0.717) is 23.9 Å². The van der Waals surface area contributed by atoms with Crippen LogP contribution in [0.5, 0.6) is 0 Å². The Bertz CT molecular complexity index is 642. The lowest BCUT2D eigenvalue weighted by atomic mass is 10.3. The van der Waals surface area contributed by atoms with Gasteiger partial charge in [0.1, 0.15) is 10.6 Å². The summed E-state index contributed by atoms with van der Waals surface area (Å²) in [5, 5.41) is 9.19. The van der Waals surface area contributed by atoms with E-state index in [1.165, 1.54) is 11.3 Å². The van der Waals surface area contributed by atoms with Crippen molar-refractivity contribution < 1.29 is 9.21 Å². The molecular weight excluding hydrogens is 441 g/mol. The van der Waals surface area contributed by atoms with E-state index >= 15 is 0 Å². The lowest BCUT2D eigenvalue weighted by Crippen LogP contribution is -2.42. The zero-order chi connectivity index (χ0) is 16.5. The predicted octanol–water partition coefficient (Wildman–Crippen LogP) is 1.80. The molecule has 0 aliphatic carbocycles. The van der Waals surface area contributed by atoms with Gasteiger partial charge in [0.25, 0.3) is 5.91 Å². The highest BCUT2D eigenvalue weighted by Crippen LogP contribution is 2.11. The molecule has 0 bridgehead atoms. The summed E-state index contributed by atoms with van der Waals surface area (Å²) in [6, 6.07) is 3.81. The van der Waals surface area contributed by atoms with Crippen molar-refractivity contribution in [2.24, 2.45) is 4.99 Å². The van der Waals surface area contributed by atoms with Crippen LogP contribution in [-0.4, -0.2) is 43.5 Å². The average molecular weight is 463 g/mol. The van der Waals surface area contributed by atoms with Crippen LogP contribution in [0.3, 0.4) is 0 Å². The number of nitrogens with zero attached hydrogens (tertiary/aromatic N) is 2. The number of guanidine groups is 1. The van der Waals surface area contributed by atoms with Crippen LogP contribution in [0, 0.1) is 6.92 Å². The smallest absolute Gasteiger partial charge is 0.263 e. The zero-order valence-electron chi connectivity index (χ0n) is 13.7. The van der Waals surface area contributed by atoms with Crippen LogP contribution in [0.25, 0.3) is 0 Å². The lowest BCUT2D eigenvalue weighted by Gasteiger charge is -2.11. The Kier molecular flexibility index (Phi) is 9.38. The van der Waals surface area contributed by atoms with Gasteiger partial charge >= 0.3 is 0 Å². The van der Waals surface area contributed by atoms with Crippen molar-refractivity contribution in [1.29, 1.82) is 0 Å². The first-order valence-corrected chi connectivity index (χ1v) is 8.24. The molecule has 0 atom stereocenters. The second-order valence-corrected chi connectivity index (χ2v) is 5.63. The van der Waals surface area contributed by atoms with E-state index in [2.05, 4.69) is 25.9 Å². The highest BCUT2D eigenvalue weighted by Gasteiger charge is 2.10. The first-order chi connectivity index (χ1) is 11.2. The summed E-state index contributed by atoms with van der Waals surface area (Å²) in [6.45, 7) is 3.65. The third-order valence-corrected chi connectivity index (χ3v) is 4.05. The zero-order valence-corrected chi connectivity index (χ0v) is 16.8. The fraction of sp³-hybridized carbons (Fsp3) is 0.400. The Morgan fingerprint density at radius 2 is 2.04 bits per heavy atom. The molecule has 0 saturated heterocycles. The molecule has 24 heavy (non-hydrogen) atoms. The predicted molar refractivity (Wildman–Crippen MR) is 106 cm³/mol. The van der Waals surface area contributed by atoms with Crippen molar-refractivity contribution in [1.82, 2.24) is 20.9 Å². The van der Waals surface area contributed by atoms with Gasteiger partial charge in [0.15, 0.2) is 5.96 Å². The summed E-state index contributed by atoms with van der Waals surface area (Å²) in [4.78, 5) is 20.8. The van der Waals surface area contributed by atoms with Gasteiger partial charge in [-0.05, 0) is 19.1 Å². The second-order valence-electron chi connectivity index (χ2n) is 4.78. The molecule has 2 aromatic rings. The summed E-state index contributed by atoms with van der Waals surface area (Å²) in [5.74, 6) is 1.53. The van der Waals surface area contributed by atoms with E-state index < -0.39 is 0 Å². The molecule has 1 amide bonds. The molecule has 7 nitrogen and oxygen atoms in total. The normalized spacial score (nSPS) is 10.8. The quantitative estimate of drug-likeness (QED) is 0.252. The Morgan fingerprint density at radius 1 is 1.29 bits per heavy atom. The molecule has 0 unspecified atom stereocenters. The van der Waals surface area contributed by atoms with Gasteiger partial charge in [-0.25, -0.2) is 4.98 Å². The van der Waals surface area contributed by atoms with E-state index in [0.717, 1.165) is 24.4 Å². The van der Waals surface area contributed by atoms with E-state index in [1.807, 2.05) is 19.1 Å². The fourth-order valence-electron chi connectivity index (χ4n) is 1.94. The van der Waals surface area contributed by atoms with Gasteiger partial charge in [0.05, 0.1) is 17.5 Å². The minimum absolute atomic E-state index is 0. The molecule has 132 valence electrons. The third kappa shape index (κ3) is 6.48. The van der Waals surface area contributed by atoms with Crippen molar-refractivity contribution in [3.8, 4) is 0 Å². The minimum atomic E-state index is -0.0902. The SMILES string of the molecule is CN=C(NCCNC(=O)c1scnc1C)NCCc1ccco1.I. The first kappa shape index (κ1) is 20.4. The van der Waals surface area contributed by atoms with Crippen LogP contribution in [0.15, 0.2) is 33.3 Å². The largest absolute Gasteiger partial charge is 0.469 e. The number of halogens is 1. The molecule has 0 fully saturated rings. The molecule has 0 saturated carbocycles. The van der Waals surface area contributed by atoms with Crippen LogP contribution in [-0.2, 0) is 6.42 Å². The topological polar surface area (TPSA) is 91.5 Å². The number of nitrogens with one attached hydrogen (secondary N) is 3. The number of amides is 1. The number of carbonyl (C=O) groups excluding carboxylic acids is 1. The molecule has 2 aromatic heterocycles. The molecule has 2 rings (SSSR count). The summed E-state index contributed by atoms with van der Waals surface area (Å²) in [5.41, 5.74) is 2.43. The van der Waals surface area contributed by atoms with Crippen LogP contribution in [0.1, 0.15) is 21.1 Å². The van der Waals surface area contributed by atoms with Crippen LogP contribution >= 0.6 is 35.3 Å². The highest BCUT2D eigenvalue weighted by atomic mass is 127. The van der Waals surface area contributed by atoms with Crippen LogP contribution in [0.4, 0.5) is 0 Å². The van der Waals surface area contributed by atoms with Crippen LogP contribution < -0.4 is 16.0 Å².